The number of sulfonamides is 1. The van der Waals surface area contributed by atoms with Crippen molar-refractivity contribution in [1.82, 2.24) is 10.2 Å². The number of hydrogen-bond acceptors (Lipinski definition) is 4. The lowest BCUT2D eigenvalue weighted by Crippen LogP contribution is -2.56. The molecule has 0 saturated heterocycles. The lowest BCUT2D eigenvalue weighted by atomic mass is 10.0. The van der Waals surface area contributed by atoms with E-state index in [9.17, 15) is 18.0 Å². The molecule has 1 unspecified atom stereocenters. The van der Waals surface area contributed by atoms with E-state index in [0.717, 1.165) is 26.6 Å². The third-order valence-electron chi connectivity index (χ3n) is 7.26. The third kappa shape index (κ3) is 8.96. The second-order valence-corrected chi connectivity index (χ2v) is 14.5. The highest BCUT2D eigenvalue weighted by atomic mass is 35.5. The summed E-state index contributed by atoms with van der Waals surface area (Å²) < 4.78 is 29.3. The molecular weight excluding hydrogens is 606 g/mol. The Labute approximate surface area is 271 Å². The molecule has 1 atom stereocenters. The van der Waals surface area contributed by atoms with Crippen LogP contribution in [0.25, 0.3) is 0 Å². The topological polar surface area (TPSA) is 86.8 Å². The van der Waals surface area contributed by atoms with Crippen LogP contribution >= 0.6 is 11.6 Å². The van der Waals surface area contributed by atoms with Crippen molar-refractivity contribution < 1.29 is 18.0 Å². The third-order valence-corrected chi connectivity index (χ3v) is 9.45. The highest BCUT2D eigenvalue weighted by molar-refractivity contribution is 7.92. The lowest BCUT2D eigenvalue weighted by Gasteiger charge is -2.35. The highest BCUT2D eigenvalue weighted by Crippen LogP contribution is 2.29. The van der Waals surface area contributed by atoms with E-state index in [2.05, 4.69) is 5.32 Å². The fraction of sp³-hybridized carbons (Fsp3) is 0.278. The van der Waals surface area contributed by atoms with Crippen molar-refractivity contribution >= 4 is 39.1 Å². The lowest BCUT2D eigenvalue weighted by molar-refractivity contribution is -0.140. The summed E-state index contributed by atoms with van der Waals surface area (Å²) in [7, 11) is -4.20. The standard InChI is InChI=1S/C36H40ClN3O4S/c1-26-13-12-16-29(21-26)24-39(33(35(42)38-36(3,4)5)22-28-14-8-6-9-15-28)34(41)25-40(30-20-19-27(2)32(37)23-30)45(43,44)31-17-10-7-11-18-31/h6-21,23,33H,22,24-25H2,1-5H3,(H,38,42). The monoisotopic (exact) mass is 645 g/mol. The SMILES string of the molecule is Cc1cccc(CN(C(=O)CN(c2ccc(C)c(Cl)c2)S(=O)(=O)c2ccccc2)C(Cc2ccccc2)C(=O)NC(C)(C)C)c1. The first-order valence-electron chi connectivity index (χ1n) is 14.8. The van der Waals surface area contributed by atoms with E-state index in [1.54, 1.807) is 36.4 Å². The Hall–Kier alpha value is -4.14. The van der Waals surface area contributed by atoms with Gasteiger partial charge < -0.3 is 10.2 Å². The van der Waals surface area contributed by atoms with Crippen LogP contribution in [0.2, 0.25) is 5.02 Å². The smallest absolute Gasteiger partial charge is 0.264 e. The molecule has 0 saturated carbocycles. The number of carbonyl (C=O) groups is 2. The molecule has 0 aliphatic heterocycles. The van der Waals surface area contributed by atoms with Crippen molar-refractivity contribution in [2.75, 3.05) is 10.8 Å². The number of anilines is 1. The molecule has 9 heteroatoms. The van der Waals surface area contributed by atoms with Crippen molar-refractivity contribution in [2.24, 2.45) is 0 Å². The maximum Gasteiger partial charge on any atom is 0.264 e. The minimum absolute atomic E-state index is 0.0334. The van der Waals surface area contributed by atoms with E-state index < -0.39 is 34.1 Å². The Balaban J connectivity index is 1.83. The van der Waals surface area contributed by atoms with Crippen molar-refractivity contribution in [3.05, 3.63) is 130 Å². The first-order valence-corrected chi connectivity index (χ1v) is 16.6. The van der Waals surface area contributed by atoms with Crippen LogP contribution in [-0.2, 0) is 32.6 Å². The van der Waals surface area contributed by atoms with E-state index in [-0.39, 0.29) is 29.5 Å². The quantitative estimate of drug-likeness (QED) is 0.197. The molecule has 0 fully saturated rings. The van der Waals surface area contributed by atoms with E-state index in [1.807, 2.05) is 89.2 Å². The molecule has 0 radical (unpaired) electrons. The zero-order valence-electron chi connectivity index (χ0n) is 26.3. The van der Waals surface area contributed by atoms with Gasteiger partial charge in [0.05, 0.1) is 10.6 Å². The van der Waals surface area contributed by atoms with Crippen molar-refractivity contribution in [3.8, 4) is 0 Å². The van der Waals surface area contributed by atoms with Crippen molar-refractivity contribution in [1.29, 1.82) is 0 Å². The number of carbonyl (C=O) groups excluding carboxylic acids is 2. The van der Waals surface area contributed by atoms with E-state index in [1.165, 1.54) is 17.0 Å². The van der Waals surface area contributed by atoms with Crippen LogP contribution in [0.5, 0.6) is 0 Å². The van der Waals surface area contributed by atoms with Gasteiger partial charge in [0.25, 0.3) is 10.0 Å². The molecule has 2 amide bonds. The summed E-state index contributed by atoms with van der Waals surface area (Å²) in [5.74, 6) is -0.860. The number of benzene rings is 4. The number of hydrogen-bond donors (Lipinski definition) is 1. The molecule has 0 aliphatic carbocycles. The number of amides is 2. The summed E-state index contributed by atoms with van der Waals surface area (Å²) in [6.45, 7) is 8.98. The van der Waals surface area contributed by atoms with Crippen molar-refractivity contribution in [2.45, 2.75) is 64.1 Å². The average molecular weight is 646 g/mol. The predicted octanol–water partition coefficient (Wildman–Crippen LogP) is 6.71. The second kappa shape index (κ2) is 14.3. The summed E-state index contributed by atoms with van der Waals surface area (Å²) in [6.07, 6.45) is 0.238. The normalized spacial score (nSPS) is 12.3. The van der Waals surface area contributed by atoms with Gasteiger partial charge in [-0.15, -0.1) is 0 Å². The molecule has 4 rings (SSSR count). The molecule has 236 valence electrons. The van der Waals surface area contributed by atoms with E-state index >= 15 is 0 Å². The number of rotatable bonds is 11. The first-order chi connectivity index (χ1) is 21.2. The van der Waals surface area contributed by atoms with Crippen LogP contribution < -0.4 is 9.62 Å². The van der Waals surface area contributed by atoms with Gasteiger partial charge in [-0.05, 0) is 75.6 Å². The zero-order chi connectivity index (χ0) is 32.8. The average Bonchev–Trinajstić information content (AvgIpc) is 2.99. The molecule has 4 aromatic carbocycles. The van der Waals surface area contributed by atoms with Gasteiger partial charge in [-0.2, -0.15) is 0 Å². The number of nitrogens with zero attached hydrogens (tertiary/aromatic N) is 2. The molecule has 1 N–H and O–H groups in total. The zero-order valence-corrected chi connectivity index (χ0v) is 27.9. The molecule has 45 heavy (non-hydrogen) atoms. The Kier molecular flexibility index (Phi) is 10.7. The molecular formula is C36H40ClN3O4S. The summed E-state index contributed by atoms with van der Waals surface area (Å²) in [4.78, 5) is 30.0. The van der Waals surface area contributed by atoms with Crippen LogP contribution in [0.15, 0.2) is 108 Å². The highest BCUT2D eigenvalue weighted by Gasteiger charge is 2.35. The number of aryl methyl sites for hydroxylation is 2. The summed E-state index contributed by atoms with van der Waals surface area (Å²) in [6, 6.07) is 29.1. The molecule has 7 nitrogen and oxygen atoms in total. The Morgan fingerprint density at radius 3 is 2.04 bits per heavy atom. The Bertz CT molecular complexity index is 1740. The van der Waals surface area contributed by atoms with E-state index in [0.29, 0.717) is 5.02 Å². The van der Waals surface area contributed by atoms with Gasteiger partial charge in [-0.1, -0.05) is 96.0 Å². The van der Waals surface area contributed by atoms with Gasteiger partial charge in [0.15, 0.2) is 0 Å². The Morgan fingerprint density at radius 1 is 0.822 bits per heavy atom. The maximum absolute atomic E-state index is 14.6. The second-order valence-electron chi connectivity index (χ2n) is 12.2. The van der Waals surface area contributed by atoms with Gasteiger partial charge >= 0.3 is 0 Å². The summed E-state index contributed by atoms with van der Waals surface area (Å²) >= 11 is 6.45. The molecule has 0 heterocycles. The predicted molar refractivity (Wildman–Crippen MR) is 181 cm³/mol. The van der Waals surface area contributed by atoms with Gasteiger partial charge in [0.2, 0.25) is 11.8 Å². The fourth-order valence-electron chi connectivity index (χ4n) is 5.00. The minimum Gasteiger partial charge on any atom is -0.350 e. The molecule has 4 aromatic rings. The fourth-order valence-corrected chi connectivity index (χ4v) is 6.60. The molecule has 0 bridgehead atoms. The van der Waals surface area contributed by atoms with Gasteiger partial charge in [-0.3, -0.25) is 13.9 Å². The van der Waals surface area contributed by atoms with Gasteiger partial charge in [0, 0.05) is 23.5 Å². The van der Waals surface area contributed by atoms with Crippen LogP contribution in [-0.4, -0.2) is 43.3 Å². The molecule has 0 spiro atoms. The number of nitrogens with one attached hydrogen (secondary N) is 1. The largest absolute Gasteiger partial charge is 0.350 e. The Morgan fingerprint density at radius 2 is 1.44 bits per heavy atom. The van der Waals surface area contributed by atoms with Gasteiger partial charge in [0.1, 0.15) is 12.6 Å². The van der Waals surface area contributed by atoms with Crippen LogP contribution in [0.4, 0.5) is 5.69 Å². The van der Waals surface area contributed by atoms with E-state index in [4.69, 9.17) is 11.6 Å². The molecule has 0 aromatic heterocycles. The summed E-state index contributed by atoms with van der Waals surface area (Å²) in [5, 5.41) is 3.42. The summed E-state index contributed by atoms with van der Waals surface area (Å²) in [5.41, 5.74) is 3.14. The minimum atomic E-state index is -4.20. The van der Waals surface area contributed by atoms with Crippen LogP contribution in [0, 0.1) is 13.8 Å². The van der Waals surface area contributed by atoms with Crippen molar-refractivity contribution in [3.63, 3.8) is 0 Å². The number of halogens is 1. The van der Waals surface area contributed by atoms with Gasteiger partial charge in [-0.25, -0.2) is 8.42 Å². The van der Waals surface area contributed by atoms with Crippen LogP contribution in [0.3, 0.4) is 0 Å². The maximum atomic E-state index is 14.6. The molecule has 0 aliphatic rings. The first kappa shape index (κ1) is 33.7. The van der Waals surface area contributed by atoms with Crippen LogP contribution in [0.1, 0.15) is 43.0 Å².